The summed E-state index contributed by atoms with van der Waals surface area (Å²) >= 11 is 0. The summed E-state index contributed by atoms with van der Waals surface area (Å²) < 4.78 is 0. The van der Waals surface area contributed by atoms with E-state index < -0.39 is 0 Å². The molecular weight excluding hydrogens is 132 g/mol. The normalized spacial score (nSPS) is 36.0. The number of rotatable bonds is 2. The average Bonchev–Trinajstić information content (AvgIpc) is 2.41. The second-order valence-corrected chi connectivity index (χ2v) is 4.52. The molecule has 2 rings (SSSR count). The lowest BCUT2D eigenvalue weighted by molar-refractivity contribution is 0.591. The van der Waals surface area contributed by atoms with Gasteiger partial charge in [-0.3, -0.25) is 0 Å². The third-order valence-electron chi connectivity index (χ3n) is 3.33. The average molecular weight is 150 g/mol. The van der Waals surface area contributed by atoms with E-state index in [1.807, 2.05) is 5.57 Å². The highest BCUT2D eigenvalue weighted by molar-refractivity contribution is 5.31. The van der Waals surface area contributed by atoms with Crippen molar-refractivity contribution in [1.82, 2.24) is 0 Å². The van der Waals surface area contributed by atoms with E-state index in [1.165, 1.54) is 19.3 Å². The zero-order chi connectivity index (χ0) is 8.01. The molecule has 1 saturated carbocycles. The third kappa shape index (κ3) is 1.13. The van der Waals surface area contributed by atoms with Crippen LogP contribution < -0.4 is 0 Å². The van der Waals surface area contributed by atoms with Crippen LogP contribution in [0.1, 0.15) is 40.0 Å². The maximum Gasteiger partial charge on any atom is -0.0172 e. The van der Waals surface area contributed by atoms with Gasteiger partial charge in [-0.15, -0.1) is 0 Å². The fourth-order valence-electron chi connectivity index (χ4n) is 2.30. The van der Waals surface area contributed by atoms with Crippen molar-refractivity contribution in [2.24, 2.45) is 17.8 Å². The van der Waals surface area contributed by atoms with Crippen LogP contribution in [0.2, 0.25) is 0 Å². The molecule has 11 heavy (non-hydrogen) atoms. The van der Waals surface area contributed by atoms with Crippen molar-refractivity contribution < 1.29 is 0 Å². The summed E-state index contributed by atoms with van der Waals surface area (Å²) in [5, 5.41) is 0. The molecule has 0 aromatic heterocycles. The summed E-state index contributed by atoms with van der Waals surface area (Å²) in [7, 11) is 0. The van der Waals surface area contributed by atoms with E-state index in [-0.39, 0.29) is 0 Å². The molecule has 2 aliphatic rings. The molecule has 1 fully saturated rings. The van der Waals surface area contributed by atoms with Gasteiger partial charge in [-0.2, -0.15) is 0 Å². The van der Waals surface area contributed by atoms with Gasteiger partial charge in [-0.05, 0) is 37.0 Å². The highest BCUT2D eigenvalue weighted by Crippen LogP contribution is 2.52. The van der Waals surface area contributed by atoms with Crippen molar-refractivity contribution in [1.29, 1.82) is 0 Å². The predicted molar refractivity (Wildman–Crippen MR) is 48.4 cm³/mol. The fraction of sp³-hybridized carbons (Fsp3) is 0.818. The van der Waals surface area contributed by atoms with Gasteiger partial charge >= 0.3 is 0 Å². The zero-order valence-corrected chi connectivity index (χ0v) is 7.85. The van der Waals surface area contributed by atoms with Gasteiger partial charge in [-0.25, -0.2) is 0 Å². The van der Waals surface area contributed by atoms with E-state index in [0.29, 0.717) is 0 Å². The minimum Gasteiger partial charge on any atom is -0.0678 e. The Morgan fingerprint density at radius 3 is 2.18 bits per heavy atom. The second kappa shape index (κ2) is 2.36. The van der Waals surface area contributed by atoms with Gasteiger partial charge < -0.3 is 0 Å². The molecule has 0 heteroatoms. The van der Waals surface area contributed by atoms with Crippen LogP contribution in [0.3, 0.4) is 0 Å². The quantitative estimate of drug-likeness (QED) is 0.529. The highest BCUT2D eigenvalue weighted by Gasteiger charge is 2.39. The monoisotopic (exact) mass is 150 g/mol. The molecule has 0 aliphatic heterocycles. The first-order valence-electron chi connectivity index (χ1n) is 4.92. The SMILES string of the molecule is CC(C)C1=C(C2CC2C)CC1. The molecule has 2 aliphatic carbocycles. The topological polar surface area (TPSA) is 0 Å². The standard InChI is InChI=1S/C11H18/c1-7(2)9-4-5-10(9)11-6-8(11)3/h7-8,11H,4-6H2,1-3H3. The van der Waals surface area contributed by atoms with Gasteiger partial charge in [0.25, 0.3) is 0 Å². The molecular formula is C11H18. The summed E-state index contributed by atoms with van der Waals surface area (Å²) in [5.74, 6) is 2.85. The van der Waals surface area contributed by atoms with Gasteiger partial charge in [0.15, 0.2) is 0 Å². The minimum atomic E-state index is 0.826. The Bertz CT molecular complexity index is 198. The van der Waals surface area contributed by atoms with Crippen molar-refractivity contribution >= 4 is 0 Å². The first kappa shape index (κ1) is 7.39. The largest absolute Gasteiger partial charge is 0.0678 e. The zero-order valence-electron chi connectivity index (χ0n) is 7.85. The van der Waals surface area contributed by atoms with Crippen LogP contribution >= 0.6 is 0 Å². The molecule has 0 heterocycles. The van der Waals surface area contributed by atoms with Crippen molar-refractivity contribution in [2.45, 2.75) is 40.0 Å². The Kier molecular flexibility index (Phi) is 1.59. The van der Waals surface area contributed by atoms with Crippen LogP contribution in [0.5, 0.6) is 0 Å². The maximum absolute atomic E-state index is 2.38. The number of hydrogen-bond donors (Lipinski definition) is 0. The lowest BCUT2D eigenvalue weighted by atomic mass is 9.79. The molecule has 2 atom stereocenters. The molecule has 0 N–H and O–H groups in total. The van der Waals surface area contributed by atoms with E-state index in [4.69, 9.17) is 0 Å². The third-order valence-corrected chi connectivity index (χ3v) is 3.33. The Balaban J connectivity index is 2.08. The van der Waals surface area contributed by atoms with Gasteiger partial charge in [0, 0.05) is 0 Å². The van der Waals surface area contributed by atoms with Gasteiger partial charge in [0.1, 0.15) is 0 Å². The van der Waals surface area contributed by atoms with Gasteiger partial charge in [0.2, 0.25) is 0 Å². The summed E-state index contributed by atoms with van der Waals surface area (Å²) in [4.78, 5) is 0. The Morgan fingerprint density at radius 1 is 1.27 bits per heavy atom. The summed E-state index contributed by atoms with van der Waals surface area (Å²) in [5.41, 5.74) is 3.63. The molecule has 0 spiro atoms. The number of hydrogen-bond acceptors (Lipinski definition) is 0. The van der Waals surface area contributed by atoms with Gasteiger partial charge in [-0.1, -0.05) is 31.9 Å². The lowest BCUT2D eigenvalue weighted by Crippen LogP contribution is -2.11. The van der Waals surface area contributed by atoms with E-state index in [9.17, 15) is 0 Å². The molecule has 0 saturated heterocycles. The number of allylic oxidation sites excluding steroid dienone is 2. The van der Waals surface area contributed by atoms with E-state index in [2.05, 4.69) is 20.8 Å². The first-order valence-corrected chi connectivity index (χ1v) is 4.92. The molecule has 62 valence electrons. The minimum absolute atomic E-state index is 0.826. The van der Waals surface area contributed by atoms with Crippen molar-refractivity contribution in [3.8, 4) is 0 Å². The molecule has 0 amide bonds. The molecule has 0 aromatic rings. The summed E-state index contributed by atoms with van der Waals surface area (Å²) in [6.45, 7) is 7.05. The van der Waals surface area contributed by atoms with Crippen LogP contribution in [0.15, 0.2) is 11.1 Å². The highest BCUT2D eigenvalue weighted by atomic mass is 14.4. The molecule has 0 radical (unpaired) electrons. The van der Waals surface area contributed by atoms with E-state index in [0.717, 1.165) is 17.8 Å². The first-order chi connectivity index (χ1) is 5.20. The van der Waals surface area contributed by atoms with Crippen LogP contribution in [-0.4, -0.2) is 0 Å². The Hall–Kier alpha value is -0.260. The second-order valence-electron chi connectivity index (χ2n) is 4.52. The molecule has 0 nitrogen and oxygen atoms in total. The van der Waals surface area contributed by atoms with Crippen molar-refractivity contribution in [3.05, 3.63) is 11.1 Å². The lowest BCUT2D eigenvalue weighted by Gasteiger charge is -2.27. The predicted octanol–water partition coefficient (Wildman–Crippen LogP) is 3.39. The molecule has 0 aromatic carbocycles. The summed E-state index contributed by atoms with van der Waals surface area (Å²) in [6, 6.07) is 0. The Morgan fingerprint density at radius 2 is 1.91 bits per heavy atom. The summed E-state index contributed by atoms with van der Waals surface area (Å²) in [6.07, 6.45) is 4.30. The van der Waals surface area contributed by atoms with Crippen LogP contribution in [0.4, 0.5) is 0 Å². The van der Waals surface area contributed by atoms with Crippen molar-refractivity contribution in [3.63, 3.8) is 0 Å². The van der Waals surface area contributed by atoms with Gasteiger partial charge in [0.05, 0.1) is 0 Å². The van der Waals surface area contributed by atoms with Crippen molar-refractivity contribution in [2.75, 3.05) is 0 Å². The van der Waals surface area contributed by atoms with E-state index in [1.54, 1.807) is 5.57 Å². The fourth-order valence-corrected chi connectivity index (χ4v) is 2.30. The molecule has 2 unspecified atom stereocenters. The van der Waals surface area contributed by atoms with Crippen LogP contribution in [-0.2, 0) is 0 Å². The maximum atomic E-state index is 2.38. The smallest absolute Gasteiger partial charge is 0.0172 e. The van der Waals surface area contributed by atoms with Crippen LogP contribution in [0, 0.1) is 17.8 Å². The van der Waals surface area contributed by atoms with E-state index >= 15 is 0 Å². The Labute approximate surface area is 69.7 Å². The molecule has 0 bridgehead atoms. The van der Waals surface area contributed by atoms with Crippen LogP contribution in [0.25, 0.3) is 0 Å².